The number of carbonyl (C=O) groups excluding carboxylic acids is 1. The fraction of sp³-hybridized carbons (Fsp3) is 0.667. The average molecular weight is 457 g/mol. The van der Waals surface area contributed by atoms with Crippen LogP contribution in [0.25, 0.3) is 0 Å². The number of cyclic esters (lactones) is 1. The number of aromatic carboxylic acids is 1. The molecular formula is C21H32N2O5S2. The van der Waals surface area contributed by atoms with Crippen LogP contribution in [0.15, 0.2) is 21.9 Å². The highest BCUT2D eigenvalue weighted by Gasteiger charge is 2.37. The number of aromatic nitrogens is 1. The molecule has 168 valence electrons. The standard InChI is InChI=1S/C21H32N2O5S2/c1-4-5-6-7-10-21(3,27)11-8-9-17-15(2)28-20(26)23(17)12-13-29-19-22-16(14-30-19)18(24)25/h8-9,14-15,17,27H,4-7,10-13H2,1-3H3,(H,24,25)/b9-8+/t15-,17-,21?/m0/s1. The van der Waals surface area contributed by atoms with E-state index in [2.05, 4.69) is 11.9 Å². The van der Waals surface area contributed by atoms with Gasteiger partial charge in [0.2, 0.25) is 0 Å². The van der Waals surface area contributed by atoms with Crippen LogP contribution in [0.5, 0.6) is 0 Å². The second-order valence-corrected chi connectivity index (χ2v) is 10.1. The van der Waals surface area contributed by atoms with E-state index >= 15 is 0 Å². The Kier molecular flexibility index (Phi) is 9.64. The van der Waals surface area contributed by atoms with Crippen LogP contribution in [-0.4, -0.2) is 62.2 Å². The molecule has 2 N–H and O–H groups in total. The summed E-state index contributed by atoms with van der Waals surface area (Å²) in [4.78, 5) is 28.9. The summed E-state index contributed by atoms with van der Waals surface area (Å²) in [7, 11) is 0. The highest BCUT2D eigenvalue weighted by atomic mass is 32.2. The predicted molar refractivity (Wildman–Crippen MR) is 119 cm³/mol. The van der Waals surface area contributed by atoms with E-state index in [9.17, 15) is 14.7 Å². The van der Waals surface area contributed by atoms with E-state index in [1.807, 2.05) is 26.0 Å². The Balaban J connectivity index is 1.84. The molecule has 0 spiro atoms. The molecule has 0 aromatic carbocycles. The lowest BCUT2D eigenvalue weighted by atomic mass is 9.94. The molecule has 2 rings (SSSR count). The lowest BCUT2D eigenvalue weighted by molar-refractivity contribution is 0.0510. The SMILES string of the molecule is CCCCCCC(C)(O)C/C=C/[C@H]1[C@H](C)OC(=O)N1CCSc1nc(C(=O)O)cs1. The topological polar surface area (TPSA) is 100.0 Å². The zero-order valence-corrected chi connectivity index (χ0v) is 19.5. The maximum Gasteiger partial charge on any atom is 0.410 e. The van der Waals surface area contributed by atoms with Crippen LogP contribution in [0.3, 0.4) is 0 Å². The van der Waals surface area contributed by atoms with Crippen LogP contribution in [0.2, 0.25) is 0 Å². The van der Waals surface area contributed by atoms with Crippen molar-refractivity contribution < 1.29 is 24.5 Å². The van der Waals surface area contributed by atoms with Crippen molar-refractivity contribution in [2.45, 2.75) is 81.4 Å². The number of thioether (sulfide) groups is 1. The van der Waals surface area contributed by atoms with E-state index in [0.717, 1.165) is 19.3 Å². The molecule has 7 nitrogen and oxygen atoms in total. The average Bonchev–Trinajstić information content (AvgIpc) is 3.25. The number of rotatable bonds is 13. The Bertz CT molecular complexity index is 735. The van der Waals surface area contributed by atoms with Gasteiger partial charge in [-0.1, -0.05) is 56.5 Å². The summed E-state index contributed by atoms with van der Waals surface area (Å²) in [5.41, 5.74) is -0.705. The van der Waals surface area contributed by atoms with E-state index in [1.165, 1.54) is 41.3 Å². The molecule has 0 saturated carbocycles. The van der Waals surface area contributed by atoms with E-state index < -0.39 is 11.6 Å². The number of unbranched alkanes of at least 4 members (excludes halogenated alkanes) is 3. The molecule has 1 fully saturated rings. The van der Waals surface area contributed by atoms with Crippen LogP contribution >= 0.6 is 23.1 Å². The van der Waals surface area contributed by atoms with Gasteiger partial charge >= 0.3 is 12.1 Å². The molecule has 1 amide bonds. The minimum absolute atomic E-state index is 0.0410. The predicted octanol–water partition coefficient (Wildman–Crippen LogP) is 4.81. The van der Waals surface area contributed by atoms with Crippen molar-refractivity contribution in [3.8, 4) is 0 Å². The first-order valence-electron chi connectivity index (χ1n) is 10.4. The highest BCUT2D eigenvalue weighted by Crippen LogP contribution is 2.26. The van der Waals surface area contributed by atoms with Gasteiger partial charge in [-0.05, 0) is 26.7 Å². The zero-order valence-electron chi connectivity index (χ0n) is 17.9. The first kappa shape index (κ1) is 24.7. The Morgan fingerprint density at radius 2 is 2.20 bits per heavy atom. The zero-order chi connectivity index (χ0) is 22.1. The van der Waals surface area contributed by atoms with Gasteiger partial charge in [-0.3, -0.25) is 4.90 Å². The summed E-state index contributed by atoms with van der Waals surface area (Å²) in [6.07, 6.45) is 9.10. The van der Waals surface area contributed by atoms with Gasteiger partial charge in [0.05, 0.1) is 11.6 Å². The summed E-state index contributed by atoms with van der Waals surface area (Å²) < 4.78 is 6.04. The van der Waals surface area contributed by atoms with Crippen molar-refractivity contribution in [1.29, 1.82) is 0 Å². The van der Waals surface area contributed by atoms with E-state index in [4.69, 9.17) is 9.84 Å². The Hall–Kier alpha value is -1.58. The smallest absolute Gasteiger partial charge is 0.410 e. The molecule has 1 aromatic heterocycles. The summed E-state index contributed by atoms with van der Waals surface area (Å²) in [5, 5.41) is 21.0. The molecule has 1 aliphatic heterocycles. The number of thiazole rings is 1. The highest BCUT2D eigenvalue weighted by molar-refractivity contribution is 8.01. The van der Waals surface area contributed by atoms with Crippen molar-refractivity contribution in [3.05, 3.63) is 23.2 Å². The fourth-order valence-electron chi connectivity index (χ4n) is 3.32. The first-order valence-corrected chi connectivity index (χ1v) is 12.3. The lowest BCUT2D eigenvalue weighted by Crippen LogP contribution is -2.36. The maximum absolute atomic E-state index is 12.2. The minimum Gasteiger partial charge on any atom is -0.476 e. The molecule has 2 heterocycles. The van der Waals surface area contributed by atoms with Gasteiger partial charge in [-0.2, -0.15) is 0 Å². The molecule has 30 heavy (non-hydrogen) atoms. The first-order chi connectivity index (χ1) is 14.2. The number of ether oxygens (including phenoxy) is 1. The van der Waals surface area contributed by atoms with E-state index in [1.54, 1.807) is 4.90 Å². The monoisotopic (exact) mass is 456 g/mol. The van der Waals surface area contributed by atoms with Gasteiger partial charge in [0.1, 0.15) is 6.10 Å². The minimum atomic E-state index is -1.04. The molecule has 1 unspecified atom stereocenters. The maximum atomic E-state index is 12.2. The quantitative estimate of drug-likeness (QED) is 0.249. The Labute approximate surface area is 186 Å². The normalized spacial score (nSPS) is 21.2. The van der Waals surface area contributed by atoms with Crippen molar-refractivity contribution >= 4 is 35.2 Å². The van der Waals surface area contributed by atoms with Gasteiger partial charge in [-0.25, -0.2) is 14.6 Å². The third-order valence-electron chi connectivity index (χ3n) is 5.08. The number of carboxylic acids is 1. The number of amides is 1. The van der Waals surface area contributed by atoms with Crippen molar-refractivity contribution in [2.75, 3.05) is 12.3 Å². The van der Waals surface area contributed by atoms with Crippen molar-refractivity contribution in [3.63, 3.8) is 0 Å². The van der Waals surface area contributed by atoms with Crippen LogP contribution in [0.1, 0.15) is 69.8 Å². The largest absolute Gasteiger partial charge is 0.476 e. The number of nitrogens with zero attached hydrogens (tertiary/aromatic N) is 2. The number of hydrogen-bond donors (Lipinski definition) is 2. The molecule has 1 aliphatic rings. The second kappa shape index (κ2) is 11.7. The Morgan fingerprint density at radius 3 is 2.87 bits per heavy atom. The van der Waals surface area contributed by atoms with Crippen LogP contribution in [-0.2, 0) is 4.74 Å². The molecule has 9 heteroatoms. The molecule has 0 radical (unpaired) electrons. The number of aliphatic hydroxyl groups is 1. The van der Waals surface area contributed by atoms with Gasteiger partial charge in [0, 0.05) is 17.7 Å². The summed E-state index contributed by atoms with van der Waals surface area (Å²) in [6.45, 7) is 6.36. The van der Waals surface area contributed by atoms with Crippen LogP contribution < -0.4 is 0 Å². The molecule has 1 aromatic rings. The van der Waals surface area contributed by atoms with Crippen LogP contribution in [0, 0.1) is 0 Å². The number of hydrogen-bond acceptors (Lipinski definition) is 7. The summed E-state index contributed by atoms with van der Waals surface area (Å²) in [6, 6.07) is -0.181. The third kappa shape index (κ3) is 7.59. The van der Waals surface area contributed by atoms with Gasteiger partial charge in [0.15, 0.2) is 10.0 Å². The van der Waals surface area contributed by atoms with E-state index in [-0.39, 0.29) is 23.9 Å². The number of carbonyl (C=O) groups is 2. The van der Waals surface area contributed by atoms with E-state index in [0.29, 0.717) is 23.1 Å². The molecule has 0 aliphatic carbocycles. The Morgan fingerprint density at radius 1 is 1.43 bits per heavy atom. The summed E-state index contributed by atoms with van der Waals surface area (Å²) in [5.74, 6) is -0.449. The van der Waals surface area contributed by atoms with Crippen molar-refractivity contribution in [2.24, 2.45) is 0 Å². The van der Waals surface area contributed by atoms with Gasteiger partial charge in [0.25, 0.3) is 0 Å². The van der Waals surface area contributed by atoms with Gasteiger partial charge < -0.3 is 14.9 Å². The summed E-state index contributed by atoms with van der Waals surface area (Å²) >= 11 is 2.71. The van der Waals surface area contributed by atoms with Crippen molar-refractivity contribution in [1.82, 2.24) is 9.88 Å². The second-order valence-electron chi connectivity index (χ2n) is 7.87. The molecule has 1 saturated heterocycles. The molecular weight excluding hydrogens is 424 g/mol. The number of carboxylic acid groups (broad SMARTS) is 1. The lowest BCUT2D eigenvalue weighted by Gasteiger charge is -2.23. The third-order valence-corrected chi connectivity index (χ3v) is 7.08. The molecule has 0 bridgehead atoms. The molecule has 3 atom stereocenters. The van der Waals surface area contributed by atoms with Crippen LogP contribution in [0.4, 0.5) is 4.79 Å². The van der Waals surface area contributed by atoms with Gasteiger partial charge in [-0.15, -0.1) is 11.3 Å². The fourth-order valence-corrected chi connectivity index (χ4v) is 5.13.